The van der Waals surface area contributed by atoms with E-state index >= 15 is 0 Å². The highest BCUT2D eigenvalue weighted by Crippen LogP contribution is 2.12. The van der Waals surface area contributed by atoms with E-state index in [1.807, 2.05) is 37.3 Å². The van der Waals surface area contributed by atoms with Gasteiger partial charge in [0.05, 0.1) is 6.04 Å². The Labute approximate surface area is 148 Å². The van der Waals surface area contributed by atoms with E-state index in [1.165, 1.54) is 4.90 Å². The SMILES string of the molecule is C[C@H](C(=O)N1CCNC1=O)N1CCN(CCOc2ccccc2)CC1. The fourth-order valence-electron chi connectivity index (χ4n) is 3.25. The molecule has 3 rings (SSSR count). The lowest BCUT2D eigenvalue weighted by atomic mass is 10.2. The molecule has 25 heavy (non-hydrogen) atoms. The molecule has 2 heterocycles. The summed E-state index contributed by atoms with van der Waals surface area (Å²) in [6.07, 6.45) is 0. The number of amides is 3. The summed E-state index contributed by atoms with van der Waals surface area (Å²) < 4.78 is 5.74. The maximum atomic E-state index is 12.5. The van der Waals surface area contributed by atoms with Gasteiger partial charge in [0.1, 0.15) is 12.4 Å². The van der Waals surface area contributed by atoms with Gasteiger partial charge in [0.25, 0.3) is 0 Å². The molecule has 7 nitrogen and oxygen atoms in total. The Kier molecular flexibility index (Phi) is 5.88. The second kappa shape index (κ2) is 8.31. The van der Waals surface area contributed by atoms with E-state index < -0.39 is 0 Å². The summed E-state index contributed by atoms with van der Waals surface area (Å²) in [6, 6.07) is 9.29. The molecule has 0 aromatic heterocycles. The van der Waals surface area contributed by atoms with Crippen molar-refractivity contribution < 1.29 is 14.3 Å². The molecular weight excluding hydrogens is 320 g/mol. The van der Waals surface area contributed by atoms with Gasteiger partial charge in [-0.15, -0.1) is 0 Å². The smallest absolute Gasteiger partial charge is 0.324 e. The predicted octanol–water partition coefficient (Wildman–Crippen LogP) is 0.623. The lowest BCUT2D eigenvalue weighted by Crippen LogP contribution is -2.55. The van der Waals surface area contributed by atoms with Crippen molar-refractivity contribution in [2.75, 3.05) is 52.4 Å². The van der Waals surface area contributed by atoms with E-state index in [0.717, 1.165) is 38.5 Å². The van der Waals surface area contributed by atoms with E-state index in [4.69, 9.17) is 4.74 Å². The molecule has 0 spiro atoms. The summed E-state index contributed by atoms with van der Waals surface area (Å²) in [4.78, 5) is 29.9. The molecule has 136 valence electrons. The average molecular weight is 346 g/mol. The number of carbonyl (C=O) groups is 2. The predicted molar refractivity (Wildman–Crippen MR) is 94.5 cm³/mol. The van der Waals surface area contributed by atoms with Crippen molar-refractivity contribution in [2.24, 2.45) is 0 Å². The van der Waals surface area contributed by atoms with Crippen LogP contribution in [0.1, 0.15) is 6.92 Å². The van der Waals surface area contributed by atoms with Gasteiger partial charge in [0.15, 0.2) is 0 Å². The van der Waals surface area contributed by atoms with Gasteiger partial charge < -0.3 is 10.1 Å². The highest BCUT2D eigenvalue weighted by molar-refractivity contribution is 5.98. The molecule has 0 bridgehead atoms. The highest BCUT2D eigenvalue weighted by atomic mass is 16.5. The van der Waals surface area contributed by atoms with Gasteiger partial charge in [-0.05, 0) is 19.1 Å². The van der Waals surface area contributed by atoms with Crippen LogP contribution in [-0.4, -0.2) is 85.1 Å². The molecule has 1 aromatic carbocycles. The van der Waals surface area contributed by atoms with Gasteiger partial charge in [-0.1, -0.05) is 18.2 Å². The Balaban J connectivity index is 1.39. The minimum absolute atomic E-state index is 0.101. The van der Waals surface area contributed by atoms with Crippen LogP contribution in [-0.2, 0) is 4.79 Å². The van der Waals surface area contributed by atoms with Crippen LogP contribution < -0.4 is 10.1 Å². The number of para-hydroxylation sites is 1. The van der Waals surface area contributed by atoms with Crippen LogP contribution in [0.5, 0.6) is 5.75 Å². The first-order valence-electron chi connectivity index (χ1n) is 8.88. The monoisotopic (exact) mass is 346 g/mol. The topological polar surface area (TPSA) is 65.1 Å². The van der Waals surface area contributed by atoms with Gasteiger partial charge in [-0.2, -0.15) is 0 Å². The van der Waals surface area contributed by atoms with Crippen molar-refractivity contribution in [1.29, 1.82) is 0 Å². The molecule has 1 N–H and O–H groups in total. The number of ether oxygens (including phenoxy) is 1. The average Bonchev–Trinajstić information content (AvgIpc) is 3.08. The third kappa shape index (κ3) is 4.49. The van der Waals surface area contributed by atoms with E-state index in [0.29, 0.717) is 19.7 Å². The van der Waals surface area contributed by atoms with Gasteiger partial charge in [0, 0.05) is 45.8 Å². The summed E-state index contributed by atoms with van der Waals surface area (Å²) in [5, 5.41) is 2.68. The van der Waals surface area contributed by atoms with Crippen molar-refractivity contribution in [3.05, 3.63) is 30.3 Å². The molecule has 2 fully saturated rings. The Hall–Kier alpha value is -2.12. The standard InChI is InChI=1S/C18H26N4O3/c1-15(17(23)22-8-7-19-18(22)24)21-11-9-20(10-12-21)13-14-25-16-5-3-2-4-6-16/h2-6,15H,7-14H2,1H3,(H,19,24)/t15-/m1/s1. The number of urea groups is 1. The van der Waals surface area contributed by atoms with Crippen molar-refractivity contribution in [2.45, 2.75) is 13.0 Å². The van der Waals surface area contributed by atoms with Crippen LogP contribution in [0.15, 0.2) is 30.3 Å². The summed E-state index contributed by atoms with van der Waals surface area (Å²) >= 11 is 0. The molecule has 0 saturated carbocycles. The second-order valence-electron chi connectivity index (χ2n) is 6.44. The second-order valence-corrected chi connectivity index (χ2v) is 6.44. The van der Waals surface area contributed by atoms with E-state index in [9.17, 15) is 9.59 Å². The first-order chi connectivity index (χ1) is 12.1. The van der Waals surface area contributed by atoms with Crippen LogP contribution in [0.3, 0.4) is 0 Å². The third-order valence-electron chi connectivity index (χ3n) is 4.85. The van der Waals surface area contributed by atoms with Crippen LogP contribution in [0.4, 0.5) is 4.79 Å². The summed E-state index contributed by atoms with van der Waals surface area (Å²) in [5.41, 5.74) is 0. The number of rotatable bonds is 6. The molecular formula is C18H26N4O3. The highest BCUT2D eigenvalue weighted by Gasteiger charge is 2.33. The molecule has 2 aliphatic rings. The van der Waals surface area contributed by atoms with Gasteiger partial charge in [0.2, 0.25) is 5.91 Å². The minimum Gasteiger partial charge on any atom is -0.492 e. The molecule has 0 unspecified atom stereocenters. The molecule has 0 radical (unpaired) electrons. The number of nitrogens with one attached hydrogen (secondary N) is 1. The van der Waals surface area contributed by atoms with Crippen LogP contribution >= 0.6 is 0 Å². The number of nitrogens with zero attached hydrogens (tertiary/aromatic N) is 3. The first kappa shape index (κ1) is 17.7. The number of imide groups is 1. The van der Waals surface area contributed by atoms with Crippen molar-refractivity contribution >= 4 is 11.9 Å². The molecule has 2 aliphatic heterocycles. The number of benzene rings is 1. The third-order valence-corrected chi connectivity index (χ3v) is 4.85. The summed E-state index contributed by atoms with van der Waals surface area (Å²) in [6.45, 7) is 7.91. The lowest BCUT2D eigenvalue weighted by Gasteiger charge is -2.38. The zero-order chi connectivity index (χ0) is 17.6. The van der Waals surface area contributed by atoms with Crippen molar-refractivity contribution in [3.63, 3.8) is 0 Å². The van der Waals surface area contributed by atoms with E-state index in [1.54, 1.807) is 0 Å². The largest absolute Gasteiger partial charge is 0.492 e. The van der Waals surface area contributed by atoms with E-state index in [2.05, 4.69) is 15.1 Å². The Morgan fingerprint density at radius 2 is 1.88 bits per heavy atom. The Morgan fingerprint density at radius 1 is 1.16 bits per heavy atom. The lowest BCUT2D eigenvalue weighted by molar-refractivity contribution is -0.133. The zero-order valence-corrected chi connectivity index (χ0v) is 14.7. The molecule has 2 saturated heterocycles. The van der Waals surface area contributed by atoms with Gasteiger partial charge in [-0.25, -0.2) is 4.79 Å². The van der Waals surface area contributed by atoms with Gasteiger partial charge in [-0.3, -0.25) is 19.5 Å². The quantitative estimate of drug-likeness (QED) is 0.818. The number of piperazine rings is 1. The van der Waals surface area contributed by atoms with Crippen LogP contribution in [0.25, 0.3) is 0 Å². The van der Waals surface area contributed by atoms with E-state index in [-0.39, 0.29) is 18.0 Å². The number of carbonyl (C=O) groups excluding carboxylic acids is 2. The van der Waals surface area contributed by atoms with Crippen LogP contribution in [0, 0.1) is 0 Å². The molecule has 1 aromatic rings. The Bertz CT molecular complexity index is 587. The zero-order valence-electron chi connectivity index (χ0n) is 14.7. The summed E-state index contributed by atoms with van der Waals surface area (Å²) in [7, 11) is 0. The molecule has 7 heteroatoms. The summed E-state index contributed by atoms with van der Waals surface area (Å²) in [5.74, 6) is 0.792. The van der Waals surface area contributed by atoms with Crippen molar-refractivity contribution in [1.82, 2.24) is 20.0 Å². The fourth-order valence-corrected chi connectivity index (χ4v) is 3.25. The van der Waals surface area contributed by atoms with Crippen molar-refractivity contribution in [3.8, 4) is 5.75 Å². The molecule has 1 atom stereocenters. The van der Waals surface area contributed by atoms with Gasteiger partial charge >= 0.3 is 6.03 Å². The normalized spacial score (nSPS) is 20.4. The fraction of sp³-hybridized carbons (Fsp3) is 0.556. The minimum atomic E-state index is -0.270. The number of hydrogen-bond donors (Lipinski definition) is 1. The maximum Gasteiger partial charge on any atom is 0.324 e. The molecule has 3 amide bonds. The maximum absolute atomic E-state index is 12.5. The Morgan fingerprint density at radius 3 is 2.52 bits per heavy atom. The number of hydrogen-bond acceptors (Lipinski definition) is 5. The first-order valence-corrected chi connectivity index (χ1v) is 8.88. The molecule has 0 aliphatic carbocycles. The van der Waals surface area contributed by atoms with Crippen LogP contribution in [0.2, 0.25) is 0 Å².